The molecule has 0 aliphatic carbocycles. The number of rotatable bonds is 3. The van der Waals surface area contributed by atoms with E-state index < -0.39 is 0 Å². The van der Waals surface area contributed by atoms with Crippen LogP contribution in [0.4, 0.5) is 5.69 Å². The summed E-state index contributed by atoms with van der Waals surface area (Å²) in [6, 6.07) is 11.8. The molecular weight excluding hydrogens is 280 g/mol. The third-order valence-corrected chi connectivity index (χ3v) is 3.27. The van der Waals surface area contributed by atoms with Crippen LogP contribution in [0, 0.1) is 13.8 Å². The number of para-hydroxylation sites is 1. The van der Waals surface area contributed by atoms with Crippen LogP contribution in [0.1, 0.15) is 23.7 Å². The Morgan fingerprint density at radius 2 is 1.81 bits per heavy atom. The predicted octanol–water partition coefficient (Wildman–Crippen LogP) is 3.41. The summed E-state index contributed by atoms with van der Waals surface area (Å²) in [4.78, 5) is 4.23. The number of thiocarbonyl (C=S) groups is 1. The van der Waals surface area contributed by atoms with Crippen LogP contribution >= 0.6 is 12.2 Å². The van der Waals surface area contributed by atoms with Gasteiger partial charge in [-0.1, -0.05) is 24.3 Å². The Balaban J connectivity index is 2.03. The molecule has 0 unspecified atom stereocenters. The second kappa shape index (κ2) is 6.95. The molecule has 2 aromatic rings. The third kappa shape index (κ3) is 4.10. The van der Waals surface area contributed by atoms with Crippen LogP contribution < -0.4 is 10.7 Å². The normalized spacial score (nSPS) is 11.1. The lowest BCUT2D eigenvalue weighted by molar-refractivity contribution is 1.03. The molecule has 21 heavy (non-hydrogen) atoms. The average molecular weight is 298 g/mol. The number of hydrogen-bond acceptors (Lipinski definition) is 3. The van der Waals surface area contributed by atoms with Crippen molar-refractivity contribution in [3.8, 4) is 0 Å². The van der Waals surface area contributed by atoms with Crippen LogP contribution in [0.25, 0.3) is 0 Å². The van der Waals surface area contributed by atoms with E-state index in [4.69, 9.17) is 12.2 Å². The number of hydrogen-bond donors (Lipinski definition) is 2. The van der Waals surface area contributed by atoms with E-state index in [9.17, 15) is 0 Å². The summed E-state index contributed by atoms with van der Waals surface area (Å²) in [5.41, 5.74) is 7.75. The largest absolute Gasteiger partial charge is 0.331 e. The van der Waals surface area contributed by atoms with Crippen molar-refractivity contribution in [2.45, 2.75) is 20.8 Å². The monoisotopic (exact) mass is 298 g/mol. The van der Waals surface area contributed by atoms with E-state index in [1.165, 1.54) is 0 Å². The Hall–Kier alpha value is -2.27. The van der Waals surface area contributed by atoms with E-state index in [0.29, 0.717) is 5.11 Å². The maximum absolute atomic E-state index is 5.27. The Kier molecular flexibility index (Phi) is 5.00. The summed E-state index contributed by atoms with van der Waals surface area (Å²) in [6.07, 6.45) is 1.74. The van der Waals surface area contributed by atoms with Crippen LogP contribution in [0.3, 0.4) is 0 Å². The quantitative estimate of drug-likeness (QED) is 0.518. The number of nitrogens with zero attached hydrogens (tertiary/aromatic N) is 2. The zero-order valence-corrected chi connectivity index (χ0v) is 13.2. The topological polar surface area (TPSA) is 49.3 Å². The molecule has 0 fully saturated rings. The van der Waals surface area contributed by atoms with Gasteiger partial charge in [0, 0.05) is 11.9 Å². The standard InChI is InChI=1S/C16H18N4S/c1-11-7-6-8-12(2)15(11)18-16(21)20-19-13(3)14-9-4-5-10-17-14/h4-10H,1-3H3,(H2,18,20,21)/b19-13+. The zero-order valence-electron chi connectivity index (χ0n) is 12.3. The molecule has 0 atom stereocenters. The van der Waals surface area contributed by atoms with Gasteiger partial charge in [-0.2, -0.15) is 5.10 Å². The molecule has 2 rings (SSSR count). The number of anilines is 1. The fourth-order valence-electron chi connectivity index (χ4n) is 1.92. The number of nitrogens with one attached hydrogen (secondary N) is 2. The summed E-state index contributed by atoms with van der Waals surface area (Å²) in [5, 5.41) is 7.89. The SMILES string of the molecule is C/C(=N\NC(=S)Nc1c(C)cccc1C)c1ccccn1. The Morgan fingerprint density at radius 1 is 1.10 bits per heavy atom. The highest BCUT2D eigenvalue weighted by atomic mass is 32.1. The summed E-state index contributed by atoms with van der Waals surface area (Å²) >= 11 is 5.27. The molecule has 108 valence electrons. The van der Waals surface area contributed by atoms with Gasteiger partial charge < -0.3 is 5.32 Å². The Bertz CT molecular complexity index is 645. The minimum atomic E-state index is 0.461. The molecule has 0 aliphatic rings. The minimum absolute atomic E-state index is 0.461. The number of aromatic nitrogens is 1. The highest BCUT2D eigenvalue weighted by molar-refractivity contribution is 7.80. The molecule has 5 heteroatoms. The molecule has 0 amide bonds. The highest BCUT2D eigenvalue weighted by Crippen LogP contribution is 2.19. The smallest absolute Gasteiger partial charge is 0.191 e. The van der Waals surface area contributed by atoms with Crippen molar-refractivity contribution >= 4 is 28.7 Å². The summed E-state index contributed by atoms with van der Waals surface area (Å²) in [6.45, 7) is 5.97. The van der Waals surface area contributed by atoms with Gasteiger partial charge in [0.15, 0.2) is 5.11 Å². The van der Waals surface area contributed by atoms with Crippen molar-refractivity contribution in [3.05, 3.63) is 59.4 Å². The van der Waals surface area contributed by atoms with Gasteiger partial charge in [0.25, 0.3) is 0 Å². The molecule has 0 bridgehead atoms. The molecule has 2 N–H and O–H groups in total. The lowest BCUT2D eigenvalue weighted by Gasteiger charge is -2.13. The van der Waals surface area contributed by atoms with E-state index >= 15 is 0 Å². The highest BCUT2D eigenvalue weighted by Gasteiger charge is 2.04. The van der Waals surface area contributed by atoms with E-state index in [2.05, 4.69) is 20.8 Å². The molecule has 0 aliphatic heterocycles. The van der Waals surface area contributed by atoms with Gasteiger partial charge in [-0.15, -0.1) is 0 Å². The molecule has 0 saturated heterocycles. The van der Waals surface area contributed by atoms with Crippen LogP contribution in [0.15, 0.2) is 47.7 Å². The van der Waals surface area contributed by atoms with Gasteiger partial charge in [0.05, 0.1) is 11.4 Å². The van der Waals surface area contributed by atoms with Crippen molar-refractivity contribution in [1.29, 1.82) is 0 Å². The molecule has 0 saturated carbocycles. The fraction of sp³-hybridized carbons (Fsp3) is 0.188. The van der Waals surface area contributed by atoms with E-state index in [0.717, 1.165) is 28.2 Å². The van der Waals surface area contributed by atoms with Gasteiger partial charge in [0.1, 0.15) is 0 Å². The summed E-state index contributed by atoms with van der Waals surface area (Å²) in [5.74, 6) is 0. The second-order valence-corrected chi connectivity index (χ2v) is 5.15. The van der Waals surface area contributed by atoms with Crippen molar-refractivity contribution in [1.82, 2.24) is 10.4 Å². The van der Waals surface area contributed by atoms with Gasteiger partial charge in [0.2, 0.25) is 0 Å². The first-order chi connectivity index (χ1) is 10.1. The predicted molar refractivity (Wildman–Crippen MR) is 91.7 cm³/mol. The maximum atomic E-state index is 5.27. The summed E-state index contributed by atoms with van der Waals surface area (Å²) in [7, 11) is 0. The third-order valence-electron chi connectivity index (χ3n) is 3.08. The first-order valence-electron chi connectivity index (χ1n) is 6.67. The van der Waals surface area contributed by atoms with Crippen molar-refractivity contribution in [3.63, 3.8) is 0 Å². The number of benzene rings is 1. The van der Waals surface area contributed by atoms with E-state index in [-0.39, 0.29) is 0 Å². The number of pyridine rings is 1. The number of hydrazone groups is 1. The first-order valence-corrected chi connectivity index (χ1v) is 7.07. The van der Waals surface area contributed by atoms with Crippen molar-refractivity contribution < 1.29 is 0 Å². The van der Waals surface area contributed by atoms with Gasteiger partial charge in [-0.25, -0.2) is 0 Å². The van der Waals surface area contributed by atoms with Crippen LogP contribution in [-0.4, -0.2) is 15.8 Å². The van der Waals surface area contributed by atoms with Crippen molar-refractivity contribution in [2.24, 2.45) is 5.10 Å². The first kappa shape index (κ1) is 15.1. The maximum Gasteiger partial charge on any atom is 0.191 e. The molecule has 4 nitrogen and oxygen atoms in total. The molecule has 1 aromatic heterocycles. The Morgan fingerprint density at radius 3 is 2.43 bits per heavy atom. The van der Waals surface area contributed by atoms with Crippen LogP contribution in [-0.2, 0) is 0 Å². The second-order valence-electron chi connectivity index (χ2n) is 4.74. The fourth-order valence-corrected chi connectivity index (χ4v) is 2.07. The lowest BCUT2D eigenvalue weighted by atomic mass is 10.1. The molecule has 0 spiro atoms. The molecule has 1 aromatic carbocycles. The summed E-state index contributed by atoms with van der Waals surface area (Å²) < 4.78 is 0. The van der Waals surface area contributed by atoms with E-state index in [1.54, 1.807) is 6.20 Å². The number of aryl methyl sites for hydroxylation is 2. The van der Waals surface area contributed by atoms with Crippen molar-refractivity contribution in [2.75, 3.05) is 5.32 Å². The van der Waals surface area contributed by atoms with Gasteiger partial charge >= 0.3 is 0 Å². The van der Waals surface area contributed by atoms with Gasteiger partial charge in [-0.05, 0) is 56.2 Å². The lowest BCUT2D eigenvalue weighted by Crippen LogP contribution is -2.25. The zero-order chi connectivity index (χ0) is 15.2. The Labute approximate surface area is 130 Å². The van der Waals surface area contributed by atoms with E-state index in [1.807, 2.05) is 57.2 Å². The molecule has 0 radical (unpaired) electrons. The van der Waals surface area contributed by atoms with Crippen LogP contribution in [0.5, 0.6) is 0 Å². The van der Waals surface area contributed by atoms with Crippen LogP contribution in [0.2, 0.25) is 0 Å². The molecular formula is C16H18N4S. The average Bonchev–Trinajstić information content (AvgIpc) is 2.49. The molecule has 1 heterocycles. The van der Waals surface area contributed by atoms with Gasteiger partial charge in [-0.3, -0.25) is 10.4 Å². The minimum Gasteiger partial charge on any atom is -0.331 e.